The summed E-state index contributed by atoms with van der Waals surface area (Å²) >= 11 is 1.00. The molecule has 0 radical (unpaired) electrons. The molecule has 7 heteroatoms. The van der Waals surface area contributed by atoms with Crippen LogP contribution in [-0.2, 0) is 4.79 Å². The van der Waals surface area contributed by atoms with Crippen molar-refractivity contribution in [3.05, 3.63) is 64.6 Å². The average Bonchev–Trinajstić information content (AvgIpc) is 3.03. The molecule has 2 aliphatic heterocycles. The number of hydrogen-bond acceptors (Lipinski definition) is 6. The van der Waals surface area contributed by atoms with Crippen LogP contribution in [0.25, 0.3) is 6.08 Å². The minimum absolute atomic E-state index is 0.208. The first-order chi connectivity index (χ1) is 14.5. The Morgan fingerprint density at radius 1 is 0.967 bits per heavy atom. The Labute approximate surface area is 181 Å². The van der Waals surface area contributed by atoms with E-state index in [2.05, 4.69) is 41.0 Å². The molecule has 0 saturated carbocycles. The summed E-state index contributed by atoms with van der Waals surface area (Å²) in [5.74, 6) is 0.534. The van der Waals surface area contributed by atoms with Gasteiger partial charge in [-0.1, -0.05) is 29.8 Å². The third-order valence-electron chi connectivity index (χ3n) is 5.40. The van der Waals surface area contributed by atoms with Gasteiger partial charge in [-0.2, -0.15) is 0 Å². The topological polar surface area (TPSA) is 53.1 Å². The van der Waals surface area contributed by atoms with Crippen molar-refractivity contribution in [3.8, 4) is 5.75 Å². The Balaban J connectivity index is 1.35. The Hall–Kier alpha value is -2.77. The summed E-state index contributed by atoms with van der Waals surface area (Å²) in [6.07, 6.45) is 1.76. The van der Waals surface area contributed by atoms with E-state index in [9.17, 15) is 9.59 Å². The molecule has 2 heterocycles. The highest BCUT2D eigenvalue weighted by Crippen LogP contribution is 2.32. The maximum absolute atomic E-state index is 12.8. The van der Waals surface area contributed by atoms with E-state index in [1.807, 2.05) is 24.3 Å². The van der Waals surface area contributed by atoms with E-state index >= 15 is 0 Å². The van der Waals surface area contributed by atoms with Gasteiger partial charge in [0.15, 0.2) is 0 Å². The van der Waals surface area contributed by atoms with Gasteiger partial charge in [-0.15, -0.1) is 0 Å². The number of hydrogen-bond donors (Lipinski definition) is 0. The van der Waals surface area contributed by atoms with Gasteiger partial charge >= 0.3 is 0 Å². The lowest BCUT2D eigenvalue weighted by Gasteiger charge is -2.37. The SMILES string of the molecule is COc1ccc(/C=C2/SC(=O)N(CN3CCN(c4ccc(C)cc4)CC3)C2=O)cc1. The zero-order valence-corrected chi connectivity index (χ0v) is 18.0. The molecule has 0 unspecified atom stereocenters. The van der Waals surface area contributed by atoms with E-state index < -0.39 is 0 Å². The zero-order chi connectivity index (χ0) is 21.1. The molecule has 6 nitrogen and oxygen atoms in total. The molecule has 0 aliphatic carbocycles. The second-order valence-corrected chi connectivity index (χ2v) is 8.46. The highest BCUT2D eigenvalue weighted by atomic mass is 32.2. The molecule has 30 heavy (non-hydrogen) atoms. The summed E-state index contributed by atoms with van der Waals surface area (Å²) in [7, 11) is 1.61. The summed E-state index contributed by atoms with van der Waals surface area (Å²) in [6.45, 7) is 5.80. The number of carbonyl (C=O) groups excluding carboxylic acids is 2. The van der Waals surface area contributed by atoms with Crippen LogP contribution in [0.1, 0.15) is 11.1 Å². The Kier molecular flexibility index (Phi) is 6.11. The highest BCUT2D eigenvalue weighted by Gasteiger charge is 2.36. The van der Waals surface area contributed by atoms with Gasteiger partial charge in [0, 0.05) is 31.9 Å². The molecule has 0 bridgehead atoms. The van der Waals surface area contributed by atoms with Crippen molar-refractivity contribution in [2.24, 2.45) is 0 Å². The Morgan fingerprint density at radius 2 is 1.63 bits per heavy atom. The van der Waals surface area contributed by atoms with E-state index in [0.29, 0.717) is 11.6 Å². The third-order valence-corrected chi connectivity index (χ3v) is 6.31. The molecule has 0 N–H and O–H groups in total. The van der Waals surface area contributed by atoms with Crippen LogP contribution in [0.5, 0.6) is 5.75 Å². The number of methoxy groups -OCH3 is 1. The standard InChI is InChI=1S/C23H25N3O3S/c1-17-3-7-19(8-4-17)25-13-11-24(12-14-25)16-26-22(27)21(30-23(26)28)15-18-5-9-20(29-2)10-6-18/h3-10,15H,11-14,16H2,1-2H3/b21-15+. The fourth-order valence-electron chi connectivity index (χ4n) is 3.58. The molecule has 156 valence electrons. The van der Waals surface area contributed by atoms with E-state index in [4.69, 9.17) is 4.74 Å². The van der Waals surface area contributed by atoms with Crippen molar-refractivity contribution >= 4 is 34.7 Å². The van der Waals surface area contributed by atoms with Crippen LogP contribution < -0.4 is 9.64 Å². The molecule has 2 aliphatic rings. The lowest BCUT2D eigenvalue weighted by molar-refractivity contribution is -0.124. The quantitative estimate of drug-likeness (QED) is 0.682. The molecule has 0 atom stereocenters. The van der Waals surface area contributed by atoms with E-state index in [1.54, 1.807) is 13.2 Å². The lowest BCUT2D eigenvalue weighted by atomic mass is 10.2. The summed E-state index contributed by atoms with van der Waals surface area (Å²) in [6, 6.07) is 16.0. The van der Waals surface area contributed by atoms with Crippen LogP contribution in [0.15, 0.2) is 53.4 Å². The fourth-order valence-corrected chi connectivity index (χ4v) is 4.41. The van der Waals surface area contributed by atoms with E-state index in [-0.39, 0.29) is 11.1 Å². The maximum Gasteiger partial charge on any atom is 0.294 e. The van der Waals surface area contributed by atoms with Gasteiger partial charge in [-0.05, 0) is 54.6 Å². The van der Waals surface area contributed by atoms with Crippen molar-refractivity contribution in [3.63, 3.8) is 0 Å². The van der Waals surface area contributed by atoms with Crippen LogP contribution in [0.2, 0.25) is 0 Å². The van der Waals surface area contributed by atoms with Gasteiger partial charge in [-0.25, -0.2) is 0 Å². The summed E-state index contributed by atoms with van der Waals surface area (Å²) in [5.41, 5.74) is 3.33. The zero-order valence-electron chi connectivity index (χ0n) is 17.2. The normalized spacial score (nSPS) is 19.1. The number of thioether (sulfide) groups is 1. The number of nitrogens with zero attached hydrogens (tertiary/aromatic N) is 3. The minimum atomic E-state index is -0.221. The number of carbonyl (C=O) groups is 2. The number of rotatable bonds is 5. The monoisotopic (exact) mass is 423 g/mol. The molecule has 2 aromatic carbocycles. The van der Waals surface area contributed by atoms with Gasteiger partial charge in [0.1, 0.15) is 5.75 Å². The van der Waals surface area contributed by atoms with E-state index in [0.717, 1.165) is 49.3 Å². The lowest BCUT2D eigenvalue weighted by Crippen LogP contribution is -2.50. The predicted molar refractivity (Wildman–Crippen MR) is 121 cm³/mol. The second-order valence-electron chi connectivity index (χ2n) is 7.46. The van der Waals surface area contributed by atoms with Gasteiger partial charge in [0.2, 0.25) is 0 Å². The van der Waals surface area contributed by atoms with Crippen LogP contribution in [0, 0.1) is 6.92 Å². The van der Waals surface area contributed by atoms with Crippen molar-refractivity contribution in [2.45, 2.75) is 6.92 Å². The van der Waals surface area contributed by atoms with Crippen molar-refractivity contribution in [2.75, 3.05) is 44.9 Å². The minimum Gasteiger partial charge on any atom is -0.497 e. The third kappa shape index (κ3) is 4.52. The first-order valence-corrected chi connectivity index (χ1v) is 10.8. The van der Waals surface area contributed by atoms with Gasteiger partial charge in [0.25, 0.3) is 11.1 Å². The van der Waals surface area contributed by atoms with Crippen molar-refractivity contribution in [1.29, 1.82) is 0 Å². The molecule has 2 amide bonds. The number of amides is 2. The summed E-state index contributed by atoms with van der Waals surface area (Å²) in [5, 5.41) is -0.208. The fraction of sp³-hybridized carbons (Fsp3) is 0.304. The number of benzene rings is 2. The largest absolute Gasteiger partial charge is 0.497 e. The molecular formula is C23H25N3O3S. The number of aryl methyl sites for hydroxylation is 1. The number of ether oxygens (including phenoxy) is 1. The molecule has 2 aromatic rings. The first-order valence-electron chi connectivity index (χ1n) is 9.97. The van der Waals surface area contributed by atoms with Gasteiger partial charge < -0.3 is 9.64 Å². The second kappa shape index (κ2) is 8.93. The van der Waals surface area contributed by atoms with Gasteiger partial charge in [0.05, 0.1) is 18.7 Å². The van der Waals surface area contributed by atoms with Crippen LogP contribution in [0.4, 0.5) is 10.5 Å². The number of piperazine rings is 1. The van der Waals surface area contributed by atoms with Crippen molar-refractivity contribution in [1.82, 2.24) is 9.80 Å². The summed E-state index contributed by atoms with van der Waals surface area (Å²) < 4.78 is 5.16. The molecule has 0 spiro atoms. The molecule has 0 aromatic heterocycles. The predicted octanol–water partition coefficient (Wildman–Crippen LogP) is 3.82. The molecule has 2 saturated heterocycles. The maximum atomic E-state index is 12.8. The van der Waals surface area contributed by atoms with Crippen molar-refractivity contribution < 1.29 is 14.3 Å². The molecular weight excluding hydrogens is 398 g/mol. The van der Waals surface area contributed by atoms with Crippen LogP contribution in [0.3, 0.4) is 0 Å². The van der Waals surface area contributed by atoms with E-state index in [1.165, 1.54) is 16.2 Å². The first kappa shape index (κ1) is 20.5. The van der Waals surface area contributed by atoms with Crippen LogP contribution in [-0.4, -0.2) is 60.9 Å². The molecule has 2 fully saturated rings. The Bertz CT molecular complexity index is 949. The Morgan fingerprint density at radius 3 is 2.27 bits per heavy atom. The molecule has 4 rings (SSSR count). The highest BCUT2D eigenvalue weighted by molar-refractivity contribution is 8.18. The van der Waals surface area contributed by atoms with Crippen LogP contribution >= 0.6 is 11.8 Å². The van der Waals surface area contributed by atoms with Gasteiger partial charge in [-0.3, -0.25) is 19.4 Å². The number of anilines is 1. The summed E-state index contributed by atoms with van der Waals surface area (Å²) in [4.78, 5) is 31.6. The average molecular weight is 424 g/mol. The smallest absolute Gasteiger partial charge is 0.294 e. The number of imide groups is 1.